The summed E-state index contributed by atoms with van der Waals surface area (Å²) in [5, 5.41) is 0. The number of ketones is 1. The topological polar surface area (TPSA) is 56.6 Å². The first-order valence-corrected chi connectivity index (χ1v) is 10.4. The van der Waals surface area contributed by atoms with E-state index >= 15 is 0 Å². The van der Waals surface area contributed by atoms with Crippen molar-refractivity contribution in [2.75, 3.05) is 25.8 Å². The molecule has 1 aromatic carbocycles. The van der Waals surface area contributed by atoms with Gasteiger partial charge in [-0.2, -0.15) is 0 Å². The standard InChI is InChI=1S/C20H24BrN3O3/c1-26-16-4-2-14(3-5-16)10-17-19(25)18-11-22-20(15-6-8-27-9-7-15)24(18)13-23(17)12-21/h2-5,11,15,17H,6-10,12-13H2,1H3. The van der Waals surface area contributed by atoms with E-state index in [1.165, 1.54) is 0 Å². The van der Waals surface area contributed by atoms with Crippen molar-refractivity contribution in [2.24, 2.45) is 0 Å². The van der Waals surface area contributed by atoms with E-state index in [4.69, 9.17) is 9.47 Å². The highest BCUT2D eigenvalue weighted by Crippen LogP contribution is 2.30. The summed E-state index contributed by atoms with van der Waals surface area (Å²) in [6, 6.07) is 7.74. The molecule has 2 aliphatic heterocycles. The molecule has 1 atom stereocenters. The number of benzene rings is 1. The van der Waals surface area contributed by atoms with E-state index in [9.17, 15) is 4.79 Å². The zero-order chi connectivity index (χ0) is 18.8. The minimum Gasteiger partial charge on any atom is -0.497 e. The number of halogens is 1. The molecular formula is C20H24BrN3O3. The molecule has 1 saturated heterocycles. The van der Waals surface area contributed by atoms with Crippen LogP contribution in [0.5, 0.6) is 5.75 Å². The Bertz CT molecular complexity index is 799. The number of carbonyl (C=O) groups excluding carboxylic acids is 1. The normalized spacial score (nSPS) is 21.3. The fourth-order valence-electron chi connectivity index (χ4n) is 3.96. The number of fused-ring (bicyclic) bond motifs is 1. The highest BCUT2D eigenvalue weighted by molar-refractivity contribution is 9.09. The second-order valence-electron chi connectivity index (χ2n) is 7.10. The van der Waals surface area contributed by atoms with Gasteiger partial charge in [-0.1, -0.05) is 28.1 Å². The molecule has 4 rings (SSSR count). The molecule has 0 N–H and O–H groups in total. The van der Waals surface area contributed by atoms with Crippen LogP contribution in [0, 0.1) is 0 Å². The molecule has 0 amide bonds. The fourth-order valence-corrected chi connectivity index (χ4v) is 4.47. The first kappa shape index (κ1) is 18.7. The predicted octanol–water partition coefficient (Wildman–Crippen LogP) is 3.21. The Morgan fingerprint density at radius 3 is 2.67 bits per heavy atom. The van der Waals surface area contributed by atoms with Crippen LogP contribution in [-0.2, 0) is 17.8 Å². The number of nitrogens with zero attached hydrogens (tertiary/aromatic N) is 3. The number of aromatic nitrogens is 2. The SMILES string of the molecule is COc1ccc(CC2C(=O)c3cnc(C4CCOCC4)n3CN2CBr)cc1. The number of hydrogen-bond acceptors (Lipinski definition) is 5. The maximum atomic E-state index is 13.2. The Morgan fingerprint density at radius 1 is 1.26 bits per heavy atom. The summed E-state index contributed by atoms with van der Waals surface area (Å²) >= 11 is 3.58. The molecule has 0 saturated carbocycles. The Hall–Kier alpha value is -1.70. The van der Waals surface area contributed by atoms with Crippen LogP contribution in [0.4, 0.5) is 0 Å². The molecule has 7 heteroatoms. The van der Waals surface area contributed by atoms with Crippen LogP contribution < -0.4 is 4.74 Å². The summed E-state index contributed by atoms with van der Waals surface area (Å²) in [6.45, 7) is 2.21. The molecule has 1 fully saturated rings. The van der Waals surface area contributed by atoms with Gasteiger partial charge in [-0.05, 0) is 37.0 Å². The van der Waals surface area contributed by atoms with Crippen LogP contribution in [0.1, 0.15) is 40.6 Å². The summed E-state index contributed by atoms with van der Waals surface area (Å²) in [5.74, 6) is 2.36. The third kappa shape index (κ3) is 3.68. The van der Waals surface area contributed by atoms with Crippen molar-refractivity contribution in [3.63, 3.8) is 0 Å². The molecule has 1 aromatic heterocycles. The molecule has 0 radical (unpaired) electrons. The summed E-state index contributed by atoms with van der Waals surface area (Å²) in [4.78, 5) is 20.0. The van der Waals surface area contributed by atoms with Crippen molar-refractivity contribution in [3.05, 3.63) is 47.5 Å². The Labute approximate surface area is 167 Å². The molecule has 2 aliphatic rings. The smallest absolute Gasteiger partial charge is 0.198 e. The number of carbonyl (C=O) groups is 1. The van der Waals surface area contributed by atoms with Gasteiger partial charge in [0.1, 0.15) is 17.3 Å². The van der Waals surface area contributed by atoms with Gasteiger partial charge in [0.2, 0.25) is 0 Å². The number of rotatable bonds is 5. The zero-order valence-corrected chi connectivity index (χ0v) is 17.0. The molecule has 0 spiro atoms. The molecule has 27 heavy (non-hydrogen) atoms. The average Bonchev–Trinajstić information content (AvgIpc) is 3.15. The number of imidazole rings is 1. The van der Waals surface area contributed by atoms with E-state index in [1.54, 1.807) is 13.3 Å². The summed E-state index contributed by atoms with van der Waals surface area (Å²) < 4.78 is 12.8. The average molecular weight is 434 g/mol. The van der Waals surface area contributed by atoms with E-state index in [0.717, 1.165) is 48.9 Å². The van der Waals surface area contributed by atoms with Crippen molar-refractivity contribution in [1.82, 2.24) is 14.5 Å². The third-order valence-corrected chi connectivity index (χ3v) is 6.18. The van der Waals surface area contributed by atoms with Gasteiger partial charge in [0.05, 0.1) is 31.5 Å². The van der Waals surface area contributed by atoms with Crippen molar-refractivity contribution in [2.45, 2.75) is 37.9 Å². The lowest BCUT2D eigenvalue weighted by Gasteiger charge is -2.35. The third-order valence-electron chi connectivity index (χ3n) is 5.53. The highest BCUT2D eigenvalue weighted by Gasteiger charge is 2.36. The van der Waals surface area contributed by atoms with Gasteiger partial charge >= 0.3 is 0 Å². The summed E-state index contributed by atoms with van der Waals surface area (Å²) in [7, 11) is 1.66. The van der Waals surface area contributed by atoms with Crippen molar-refractivity contribution >= 4 is 21.7 Å². The van der Waals surface area contributed by atoms with E-state index in [-0.39, 0.29) is 11.8 Å². The molecule has 1 unspecified atom stereocenters. The van der Waals surface area contributed by atoms with Gasteiger partial charge in [0.25, 0.3) is 0 Å². The van der Waals surface area contributed by atoms with Crippen LogP contribution >= 0.6 is 15.9 Å². The van der Waals surface area contributed by atoms with Crippen LogP contribution in [0.15, 0.2) is 30.5 Å². The largest absolute Gasteiger partial charge is 0.497 e. The molecule has 3 heterocycles. The van der Waals surface area contributed by atoms with Crippen molar-refractivity contribution in [3.8, 4) is 5.75 Å². The lowest BCUT2D eigenvalue weighted by molar-refractivity contribution is 0.0686. The lowest BCUT2D eigenvalue weighted by atomic mass is 9.97. The van der Waals surface area contributed by atoms with E-state index in [2.05, 4.69) is 30.4 Å². The minimum atomic E-state index is -0.190. The van der Waals surface area contributed by atoms with Crippen molar-refractivity contribution in [1.29, 1.82) is 0 Å². The monoisotopic (exact) mass is 433 g/mol. The van der Waals surface area contributed by atoms with Crippen LogP contribution in [0.2, 0.25) is 0 Å². The van der Waals surface area contributed by atoms with Crippen LogP contribution in [-0.4, -0.2) is 52.1 Å². The van der Waals surface area contributed by atoms with Crippen LogP contribution in [0.3, 0.4) is 0 Å². The zero-order valence-electron chi connectivity index (χ0n) is 15.4. The first-order valence-electron chi connectivity index (χ1n) is 9.31. The maximum absolute atomic E-state index is 13.2. The lowest BCUT2D eigenvalue weighted by Crippen LogP contribution is -2.48. The van der Waals surface area contributed by atoms with Gasteiger partial charge in [0.15, 0.2) is 5.78 Å². The van der Waals surface area contributed by atoms with E-state index in [1.807, 2.05) is 24.3 Å². The van der Waals surface area contributed by atoms with Gasteiger partial charge in [-0.25, -0.2) is 4.98 Å². The van der Waals surface area contributed by atoms with Crippen LogP contribution in [0.25, 0.3) is 0 Å². The molecular weight excluding hydrogens is 410 g/mol. The number of ether oxygens (including phenoxy) is 2. The number of hydrogen-bond donors (Lipinski definition) is 0. The predicted molar refractivity (Wildman–Crippen MR) is 105 cm³/mol. The molecule has 0 aliphatic carbocycles. The Morgan fingerprint density at radius 2 is 2.00 bits per heavy atom. The summed E-state index contributed by atoms with van der Waals surface area (Å²) in [6.07, 6.45) is 4.37. The minimum absolute atomic E-state index is 0.141. The van der Waals surface area contributed by atoms with Crippen molar-refractivity contribution < 1.29 is 14.3 Å². The Kier molecular flexibility index (Phi) is 5.61. The molecule has 2 aromatic rings. The number of methoxy groups -OCH3 is 1. The fraction of sp³-hybridized carbons (Fsp3) is 0.500. The molecule has 6 nitrogen and oxygen atoms in total. The molecule has 0 bridgehead atoms. The number of Topliss-reactive ketones (excluding diaryl/α,β-unsaturated/α-hetero) is 1. The summed E-state index contributed by atoms with van der Waals surface area (Å²) in [5.41, 5.74) is 2.50. The first-order chi connectivity index (χ1) is 13.2. The van der Waals surface area contributed by atoms with Gasteiger partial charge in [-0.3, -0.25) is 9.69 Å². The molecule has 144 valence electrons. The van der Waals surface area contributed by atoms with Gasteiger partial charge in [-0.15, -0.1) is 0 Å². The maximum Gasteiger partial charge on any atom is 0.198 e. The van der Waals surface area contributed by atoms with Gasteiger partial charge < -0.3 is 14.0 Å². The second-order valence-corrected chi connectivity index (χ2v) is 7.60. The van der Waals surface area contributed by atoms with E-state index < -0.39 is 0 Å². The van der Waals surface area contributed by atoms with Gasteiger partial charge in [0, 0.05) is 19.1 Å². The van der Waals surface area contributed by atoms with E-state index in [0.29, 0.717) is 24.5 Å². The highest BCUT2D eigenvalue weighted by atomic mass is 79.9. The quantitative estimate of drug-likeness (QED) is 0.535. The second kappa shape index (κ2) is 8.12. The number of alkyl halides is 1. The Balaban J connectivity index is 1.58.